The number of hydrogen-bond acceptors (Lipinski definition) is 4. The lowest BCUT2D eigenvalue weighted by Crippen LogP contribution is -2.34. The molecule has 124 valence electrons. The van der Waals surface area contributed by atoms with Crippen LogP contribution in [0.15, 0.2) is 42.5 Å². The van der Waals surface area contributed by atoms with Crippen LogP contribution in [0.2, 0.25) is 5.02 Å². The van der Waals surface area contributed by atoms with E-state index in [1.165, 1.54) is 25.3 Å². The van der Waals surface area contributed by atoms with Crippen molar-refractivity contribution in [3.8, 4) is 5.75 Å². The maximum Gasteiger partial charge on any atom is 0.335 e. The lowest BCUT2D eigenvalue weighted by molar-refractivity contribution is 0.0696. The van der Waals surface area contributed by atoms with E-state index in [4.69, 9.17) is 33.7 Å². The van der Waals surface area contributed by atoms with Gasteiger partial charge in [-0.1, -0.05) is 11.6 Å². The molecule has 0 spiro atoms. The van der Waals surface area contributed by atoms with E-state index in [1.807, 2.05) is 0 Å². The minimum absolute atomic E-state index is 0.0603. The third kappa shape index (κ3) is 4.43. The van der Waals surface area contributed by atoms with Crippen LogP contribution in [0.1, 0.15) is 20.7 Å². The summed E-state index contributed by atoms with van der Waals surface area (Å²) in [4.78, 5) is 23.1. The fourth-order valence-corrected chi connectivity index (χ4v) is 2.27. The second-order valence-corrected chi connectivity index (χ2v) is 5.48. The third-order valence-electron chi connectivity index (χ3n) is 3.02. The van der Waals surface area contributed by atoms with Crippen molar-refractivity contribution >= 4 is 46.5 Å². The predicted molar refractivity (Wildman–Crippen MR) is 95.1 cm³/mol. The van der Waals surface area contributed by atoms with E-state index in [-0.39, 0.29) is 16.2 Å². The Morgan fingerprint density at radius 2 is 1.83 bits per heavy atom. The summed E-state index contributed by atoms with van der Waals surface area (Å²) in [5.41, 5.74) is 0.943. The molecule has 0 fully saturated rings. The highest BCUT2D eigenvalue weighted by Crippen LogP contribution is 2.22. The van der Waals surface area contributed by atoms with Crippen LogP contribution < -0.4 is 15.4 Å². The van der Waals surface area contributed by atoms with Crippen molar-refractivity contribution < 1.29 is 19.4 Å². The van der Waals surface area contributed by atoms with E-state index in [9.17, 15) is 9.59 Å². The number of carbonyl (C=O) groups excluding carboxylic acids is 1. The number of amides is 1. The first-order chi connectivity index (χ1) is 11.4. The highest BCUT2D eigenvalue weighted by atomic mass is 35.5. The van der Waals surface area contributed by atoms with Gasteiger partial charge in [0, 0.05) is 10.7 Å². The zero-order valence-corrected chi connectivity index (χ0v) is 14.1. The van der Waals surface area contributed by atoms with Gasteiger partial charge in [-0.05, 0) is 54.7 Å². The van der Waals surface area contributed by atoms with E-state index in [2.05, 4.69) is 10.6 Å². The summed E-state index contributed by atoms with van der Waals surface area (Å²) < 4.78 is 5.12. The van der Waals surface area contributed by atoms with Crippen molar-refractivity contribution in [2.24, 2.45) is 0 Å². The number of benzene rings is 2. The highest BCUT2D eigenvalue weighted by Gasteiger charge is 2.14. The van der Waals surface area contributed by atoms with Gasteiger partial charge in [-0.3, -0.25) is 10.1 Å². The first kappa shape index (κ1) is 17.7. The van der Waals surface area contributed by atoms with Gasteiger partial charge in [-0.25, -0.2) is 4.79 Å². The van der Waals surface area contributed by atoms with E-state index >= 15 is 0 Å². The molecule has 0 aliphatic carbocycles. The lowest BCUT2D eigenvalue weighted by atomic mass is 10.2. The van der Waals surface area contributed by atoms with E-state index in [0.29, 0.717) is 16.5 Å². The Morgan fingerprint density at radius 3 is 2.42 bits per heavy atom. The van der Waals surface area contributed by atoms with E-state index in [0.717, 1.165) is 0 Å². The number of nitrogens with one attached hydrogen (secondary N) is 2. The molecule has 0 aliphatic heterocycles. The molecule has 0 saturated heterocycles. The largest absolute Gasteiger partial charge is 0.496 e. The molecule has 8 heteroatoms. The summed E-state index contributed by atoms with van der Waals surface area (Å²) in [7, 11) is 1.45. The average Bonchev–Trinajstić information content (AvgIpc) is 2.55. The topological polar surface area (TPSA) is 87.7 Å². The zero-order chi connectivity index (χ0) is 17.7. The summed E-state index contributed by atoms with van der Waals surface area (Å²) >= 11 is 11.0. The van der Waals surface area contributed by atoms with Crippen molar-refractivity contribution in [1.82, 2.24) is 5.32 Å². The Bertz CT molecular complexity index is 793. The first-order valence-electron chi connectivity index (χ1n) is 6.70. The molecule has 0 aliphatic rings. The van der Waals surface area contributed by atoms with Crippen molar-refractivity contribution in [2.75, 3.05) is 12.4 Å². The monoisotopic (exact) mass is 364 g/mol. The van der Waals surface area contributed by atoms with Gasteiger partial charge < -0.3 is 15.2 Å². The van der Waals surface area contributed by atoms with E-state index < -0.39 is 11.9 Å². The molecule has 0 radical (unpaired) electrons. The molecular weight excluding hydrogens is 352 g/mol. The number of hydrogen-bond donors (Lipinski definition) is 3. The Kier molecular flexibility index (Phi) is 5.73. The van der Waals surface area contributed by atoms with Gasteiger partial charge in [0.05, 0.1) is 18.2 Å². The third-order valence-corrected chi connectivity index (χ3v) is 3.46. The lowest BCUT2D eigenvalue weighted by Gasteiger charge is -2.12. The number of aromatic carboxylic acids is 1. The Labute approximate surface area is 148 Å². The van der Waals surface area contributed by atoms with Crippen LogP contribution in [0.25, 0.3) is 0 Å². The Morgan fingerprint density at radius 1 is 1.17 bits per heavy atom. The summed E-state index contributed by atoms with van der Waals surface area (Å²) in [6.07, 6.45) is 0. The number of thiocarbonyl (C=S) groups is 1. The van der Waals surface area contributed by atoms with Gasteiger partial charge in [0.25, 0.3) is 5.91 Å². The number of methoxy groups -OCH3 is 1. The molecule has 0 unspecified atom stereocenters. The number of halogens is 1. The quantitative estimate of drug-likeness (QED) is 0.722. The molecule has 0 atom stereocenters. The van der Waals surface area contributed by atoms with Crippen LogP contribution in [0.3, 0.4) is 0 Å². The second-order valence-electron chi connectivity index (χ2n) is 4.64. The van der Waals surface area contributed by atoms with Gasteiger partial charge in [-0.2, -0.15) is 0 Å². The van der Waals surface area contributed by atoms with Crippen LogP contribution in [-0.2, 0) is 0 Å². The van der Waals surface area contributed by atoms with Crippen LogP contribution in [0, 0.1) is 0 Å². The van der Waals surface area contributed by atoms with Crippen molar-refractivity contribution in [1.29, 1.82) is 0 Å². The van der Waals surface area contributed by atoms with Crippen molar-refractivity contribution in [3.63, 3.8) is 0 Å². The molecule has 24 heavy (non-hydrogen) atoms. The van der Waals surface area contributed by atoms with Crippen molar-refractivity contribution in [3.05, 3.63) is 58.6 Å². The molecule has 0 bridgehead atoms. The summed E-state index contributed by atoms with van der Waals surface area (Å²) in [6, 6.07) is 10.6. The van der Waals surface area contributed by atoms with Crippen LogP contribution in [-0.4, -0.2) is 29.2 Å². The SMILES string of the molecule is COc1ccc(Cl)cc1C(=O)NC(=S)Nc1ccc(C(=O)O)cc1. The fourth-order valence-electron chi connectivity index (χ4n) is 1.89. The number of anilines is 1. The molecule has 1 amide bonds. The summed E-state index contributed by atoms with van der Waals surface area (Å²) in [6.45, 7) is 0. The minimum atomic E-state index is -1.02. The van der Waals surface area contributed by atoms with Gasteiger partial charge in [-0.15, -0.1) is 0 Å². The average molecular weight is 365 g/mol. The number of carbonyl (C=O) groups is 2. The van der Waals surface area contributed by atoms with Crippen LogP contribution >= 0.6 is 23.8 Å². The van der Waals surface area contributed by atoms with E-state index in [1.54, 1.807) is 24.3 Å². The molecule has 2 aromatic carbocycles. The maximum absolute atomic E-state index is 12.3. The minimum Gasteiger partial charge on any atom is -0.496 e. The fraction of sp³-hybridized carbons (Fsp3) is 0.0625. The van der Waals surface area contributed by atoms with Crippen molar-refractivity contribution in [2.45, 2.75) is 0 Å². The molecule has 0 heterocycles. The molecule has 0 aromatic heterocycles. The predicted octanol–water partition coefficient (Wildman–Crippen LogP) is 3.17. The molecule has 3 N–H and O–H groups in total. The Balaban J connectivity index is 2.05. The van der Waals surface area contributed by atoms with Gasteiger partial charge in [0.1, 0.15) is 5.75 Å². The molecule has 2 rings (SSSR count). The number of ether oxygens (including phenoxy) is 1. The standard InChI is InChI=1S/C16H13ClN2O4S/c1-23-13-7-4-10(17)8-12(13)14(20)19-16(24)18-11-5-2-9(3-6-11)15(21)22/h2-8H,1H3,(H,21,22)(H2,18,19,20,24). The molecule has 6 nitrogen and oxygen atoms in total. The number of rotatable bonds is 4. The molecule has 0 saturated carbocycles. The number of carboxylic acids is 1. The zero-order valence-electron chi connectivity index (χ0n) is 12.5. The number of carboxylic acid groups (broad SMARTS) is 1. The van der Waals surface area contributed by atoms with Crippen LogP contribution in [0.5, 0.6) is 5.75 Å². The normalized spacial score (nSPS) is 9.92. The summed E-state index contributed by atoms with van der Waals surface area (Å²) in [5, 5.41) is 14.6. The highest BCUT2D eigenvalue weighted by molar-refractivity contribution is 7.80. The van der Waals surface area contributed by atoms with Crippen LogP contribution in [0.4, 0.5) is 5.69 Å². The van der Waals surface area contributed by atoms with Gasteiger partial charge in [0.15, 0.2) is 5.11 Å². The van der Waals surface area contributed by atoms with Gasteiger partial charge in [0.2, 0.25) is 0 Å². The Hall–Kier alpha value is -2.64. The smallest absolute Gasteiger partial charge is 0.335 e. The first-order valence-corrected chi connectivity index (χ1v) is 7.48. The second kappa shape index (κ2) is 7.76. The maximum atomic E-state index is 12.3. The van der Waals surface area contributed by atoms with Gasteiger partial charge >= 0.3 is 5.97 Å². The summed E-state index contributed by atoms with van der Waals surface area (Å²) in [5.74, 6) is -1.13. The molecule has 2 aromatic rings. The molecular formula is C16H13ClN2O4S.